The lowest BCUT2D eigenvalue weighted by Gasteiger charge is -2.19. The minimum Gasteiger partial charge on any atom is -0.375 e. The summed E-state index contributed by atoms with van der Waals surface area (Å²) in [7, 11) is 2.14. The Morgan fingerprint density at radius 1 is 1.19 bits per heavy atom. The number of nitrogens with zero attached hydrogens (tertiary/aromatic N) is 3. The van der Waals surface area contributed by atoms with Crippen LogP contribution >= 0.6 is 0 Å². The van der Waals surface area contributed by atoms with Gasteiger partial charge in [0.2, 0.25) is 0 Å². The zero-order valence-electron chi connectivity index (χ0n) is 13.1. The molecule has 4 nitrogen and oxygen atoms in total. The molecule has 1 aromatic heterocycles. The van der Waals surface area contributed by atoms with Gasteiger partial charge in [-0.25, -0.2) is 0 Å². The molecule has 1 N–H and O–H groups in total. The van der Waals surface area contributed by atoms with Crippen molar-refractivity contribution in [3.63, 3.8) is 0 Å². The average molecular weight is 286 g/mol. The fraction of sp³-hybridized carbons (Fsp3) is 0.471. The van der Waals surface area contributed by atoms with E-state index in [0.29, 0.717) is 0 Å². The van der Waals surface area contributed by atoms with Crippen LogP contribution in [0.25, 0.3) is 0 Å². The number of hydrogen-bond donors (Lipinski definition) is 1. The number of nitrogens with one attached hydrogen (secondary N) is 1. The first-order valence-electron chi connectivity index (χ1n) is 7.79. The van der Waals surface area contributed by atoms with Gasteiger partial charge in [0.15, 0.2) is 0 Å². The Hall–Kier alpha value is -1.81. The van der Waals surface area contributed by atoms with Gasteiger partial charge in [-0.2, -0.15) is 5.10 Å². The van der Waals surface area contributed by atoms with Gasteiger partial charge in [-0.3, -0.25) is 4.68 Å². The summed E-state index contributed by atoms with van der Waals surface area (Å²) in [6.45, 7) is 6.16. The van der Waals surface area contributed by atoms with Gasteiger partial charge in [-0.15, -0.1) is 0 Å². The maximum absolute atomic E-state index is 4.34. The molecule has 0 aliphatic heterocycles. The van der Waals surface area contributed by atoms with Gasteiger partial charge in [0.25, 0.3) is 0 Å². The predicted molar refractivity (Wildman–Crippen MR) is 88.6 cm³/mol. The molecule has 0 amide bonds. The zero-order valence-corrected chi connectivity index (χ0v) is 13.1. The summed E-state index contributed by atoms with van der Waals surface area (Å²) in [4.78, 5) is 2.29. The molecule has 0 spiro atoms. The van der Waals surface area contributed by atoms with Crippen molar-refractivity contribution in [2.75, 3.05) is 25.0 Å². The molecule has 0 saturated carbocycles. The number of hydrogen-bond acceptors (Lipinski definition) is 3. The molecule has 114 valence electrons. The molecule has 0 radical (unpaired) electrons. The third-order valence-electron chi connectivity index (χ3n) is 3.59. The van der Waals surface area contributed by atoms with E-state index in [1.54, 1.807) is 0 Å². The topological polar surface area (TPSA) is 33.1 Å². The van der Waals surface area contributed by atoms with Gasteiger partial charge in [0.1, 0.15) is 0 Å². The molecule has 0 fully saturated rings. The first-order valence-corrected chi connectivity index (χ1v) is 7.79. The zero-order chi connectivity index (χ0) is 14.9. The second-order valence-corrected chi connectivity index (χ2v) is 5.33. The highest BCUT2D eigenvalue weighted by atomic mass is 15.3. The van der Waals surface area contributed by atoms with Crippen LogP contribution in [0.1, 0.15) is 25.5 Å². The number of aryl methyl sites for hydroxylation is 1. The van der Waals surface area contributed by atoms with E-state index in [1.807, 2.05) is 6.20 Å². The predicted octanol–water partition coefficient (Wildman–Crippen LogP) is 2.91. The van der Waals surface area contributed by atoms with E-state index in [-0.39, 0.29) is 0 Å². The molecule has 0 atom stereocenters. The van der Waals surface area contributed by atoms with Crippen molar-refractivity contribution in [3.8, 4) is 0 Å². The van der Waals surface area contributed by atoms with Gasteiger partial charge in [-0.05, 0) is 37.6 Å². The molecule has 21 heavy (non-hydrogen) atoms. The van der Waals surface area contributed by atoms with Crippen LogP contribution in [0.15, 0.2) is 42.6 Å². The van der Waals surface area contributed by atoms with Crippen LogP contribution in [-0.2, 0) is 13.1 Å². The van der Waals surface area contributed by atoms with Crippen molar-refractivity contribution in [2.24, 2.45) is 0 Å². The summed E-state index contributed by atoms with van der Waals surface area (Å²) >= 11 is 0. The van der Waals surface area contributed by atoms with Crippen molar-refractivity contribution in [3.05, 3.63) is 48.3 Å². The van der Waals surface area contributed by atoms with Gasteiger partial charge >= 0.3 is 0 Å². The van der Waals surface area contributed by atoms with E-state index in [9.17, 15) is 0 Å². The third kappa shape index (κ3) is 4.90. The molecular weight excluding hydrogens is 260 g/mol. The summed E-state index contributed by atoms with van der Waals surface area (Å²) in [6.07, 6.45) is 4.14. The maximum Gasteiger partial charge on any atom is 0.0522 e. The van der Waals surface area contributed by atoms with E-state index >= 15 is 0 Å². The summed E-state index contributed by atoms with van der Waals surface area (Å²) in [5.74, 6) is 0. The van der Waals surface area contributed by atoms with Crippen LogP contribution in [0, 0.1) is 0 Å². The molecule has 0 aliphatic rings. The molecule has 1 heterocycles. The summed E-state index contributed by atoms with van der Waals surface area (Å²) < 4.78 is 2.09. The minimum absolute atomic E-state index is 0.898. The average Bonchev–Trinajstić information content (AvgIpc) is 2.95. The standard InChI is InChI=1S/C17H26N4/c1-3-13-21-17(10-12-19-21)15-18-11-7-14-20(2)16-8-5-4-6-9-16/h4-6,8-10,12,18H,3,7,11,13-15H2,1-2H3. The number of anilines is 1. The fourth-order valence-electron chi connectivity index (χ4n) is 2.39. The molecule has 0 aliphatic carbocycles. The largest absolute Gasteiger partial charge is 0.375 e. The van der Waals surface area contributed by atoms with Gasteiger partial charge in [0.05, 0.1) is 5.69 Å². The lowest BCUT2D eigenvalue weighted by molar-refractivity contribution is 0.545. The van der Waals surface area contributed by atoms with Crippen LogP contribution in [0.5, 0.6) is 0 Å². The Morgan fingerprint density at radius 3 is 2.76 bits per heavy atom. The Balaban J connectivity index is 1.65. The summed E-state index contributed by atoms with van der Waals surface area (Å²) in [6, 6.07) is 12.6. The van der Waals surface area contributed by atoms with Crippen LogP contribution in [0.2, 0.25) is 0 Å². The monoisotopic (exact) mass is 286 g/mol. The molecule has 2 rings (SSSR count). The van der Waals surface area contributed by atoms with E-state index in [1.165, 1.54) is 11.4 Å². The second-order valence-electron chi connectivity index (χ2n) is 5.33. The van der Waals surface area contributed by atoms with Crippen molar-refractivity contribution in [1.82, 2.24) is 15.1 Å². The van der Waals surface area contributed by atoms with Crippen molar-refractivity contribution < 1.29 is 0 Å². The van der Waals surface area contributed by atoms with E-state index in [0.717, 1.165) is 39.0 Å². The van der Waals surface area contributed by atoms with Gasteiger partial charge in [-0.1, -0.05) is 25.1 Å². The smallest absolute Gasteiger partial charge is 0.0522 e. The SMILES string of the molecule is CCCn1nccc1CNCCCN(C)c1ccccc1. The van der Waals surface area contributed by atoms with Gasteiger partial charge in [0, 0.05) is 38.6 Å². The number of aromatic nitrogens is 2. The lowest BCUT2D eigenvalue weighted by Crippen LogP contribution is -2.24. The highest BCUT2D eigenvalue weighted by Crippen LogP contribution is 2.10. The van der Waals surface area contributed by atoms with E-state index in [2.05, 4.69) is 70.4 Å². The molecule has 0 saturated heterocycles. The Labute approximate surface area is 127 Å². The Kier molecular flexibility index (Phi) is 6.28. The maximum atomic E-state index is 4.34. The lowest BCUT2D eigenvalue weighted by atomic mass is 10.3. The molecule has 0 unspecified atom stereocenters. The van der Waals surface area contributed by atoms with Crippen LogP contribution < -0.4 is 10.2 Å². The highest BCUT2D eigenvalue weighted by Gasteiger charge is 2.02. The number of para-hydroxylation sites is 1. The first-order chi connectivity index (χ1) is 10.3. The molecular formula is C17H26N4. The molecule has 2 aromatic rings. The summed E-state index contributed by atoms with van der Waals surface area (Å²) in [5, 5.41) is 7.85. The molecule has 0 bridgehead atoms. The van der Waals surface area contributed by atoms with Crippen molar-refractivity contribution in [2.45, 2.75) is 32.9 Å². The first kappa shape index (κ1) is 15.6. The van der Waals surface area contributed by atoms with Crippen molar-refractivity contribution in [1.29, 1.82) is 0 Å². The van der Waals surface area contributed by atoms with E-state index in [4.69, 9.17) is 0 Å². The normalized spacial score (nSPS) is 10.8. The minimum atomic E-state index is 0.898. The third-order valence-corrected chi connectivity index (χ3v) is 3.59. The van der Waals surface area contributed by atoms with Crippen molar-refractivity contribution >= 4 is 5.69 Å². The Bertz CT molecular complexity index is 507. The quantitative estimate of drug-likeness (QED) is 0.720. The number of benzene rings is 1. The van der Waals surface area contributed by atoms with Gasteiger partial charge < -0.3 is 10.2 Å². The van der Waals surface area contributed by atoms with Crippen LogP contribution in [0.3, 0.4) is 0 Å². The molecule has 1 aromatic carbocycles. The second kappa shape index (κ2) is 8.47. The fourth-order valence-corrected chi connectivity index (χ4v) is 2.39. The van der Waals surface area contributed by atoms with E-state index < -0.39 is 0 Å². The number of rotatable bonds is 9. The Morgan fingerprint density at radius 2 is 2.00 bits per heavy atom. The summed E-state index contributed by atoms with van der Waals surface area (Å²) in [5.41, 5.74) is 2.55. The van der Waals surface area contributed by atoms with Crippen LogP contribution in [-0.4, -0.2) is 29.9 Å². The molecule has 4 heteroatoms. The highest BCUT2D eigenvalue weighted by molar-refractivity contribution is 5.44. The van der Waals surface area contributed by atoms with Crippen LogP contribution in [0.4, 0.5) is 5.69 Å².